The highest BCUT2D eigenvalue weighted by molar-refractivity contribution is 7.87. The summed E-state index contributed by atoms with van der Waals surface area (Å²) in [6, 6.07) is -0.0921. The van der Waals surface area contributed by atoms with Crippen molar-refractivity contribution in [2.24, 2.45) is 10.8 Å². The van der Waals surface area contributed by atoms with E-state index in [9.17, 15) is 13.2 Å². The summed E-state index contributed by atoms with van der Waals surface area (Å²) in [5.41, 5.74) is -0.132. The molecule has 0 radical (unpaired) electrons. The van der Waals surface area contributed by atoms with Crippen LogP contribution >= 0.6 is 0 Å². The van der Waals surface area contributed by atoms with Gasteiger partial charge in [0.2, 0.25) is 0 Å². The molecule has 1 rings (SSSR count). The lowest BCUT2D eigenvalue weighted by Crippen LogP contribution is -2.42. The van der Waals surface area contributed by atoms with Crippen molar-refractivity contribution in [1.82, 2.24) is 9.03 Å². The molecular formula is C12H24N2O4S. The third-order valence-electron chi connectivity index (χ3n) is 4.56. The van der Waals surface area contributed by atoms with Gasteiger partial charge in [0.15, 0.2) is 0 Å². The lowest BCUT2D eigenvalue weighted by molar-refractivity contribution is -0.140. The van der Waals surface area contributed by atoms with E-state index in [4.69, 9.17) is 0 Å². The van der Waals surface area contributed by atoms with Crippen LogP contribution in [0.1, 0.15) is 34.1 Å². The lowest BCUT2D eigenvalue weighted by Gasteiger charge is -2.18. The normalized spacial score (nSPS) is 21.4. The number of carbonyl (C=O) groups is 1. The Morgan fingerprint density at radius 3 is 2.11 bits per heavy atom. The molecule has 0 aromatic heterocycles. The Kier molecular flexibility index (Phi) is 4.34. The Hall–Kier alpha value is -0.660. The minimum Gasteiger partial charge on any atom is -0.469 e. The molecule has 19 heavy (non-hydrogen) atoms. The monoisotopic (exact) mass is 292 g/mol. The Balaban J connectivity index is 2.60. The van der Waals surface area contributed by atoms with E-state index in [1.807, 2.05) is 27.7 Å². The summed E-state index contributed by atoms with van der Waals surface area (Å²) >= 11 is 0. The molecule has 0 spiro atoms. The third kappa shape index (κ3) is 3.09. The molecule has 1 aliphatic rings. The highest BCUT2D eigenvalue weighted by Crippen LogP contribution is 2.62. The largest absolute Gasteiger partial charge is 0.469 e. The SMILES string of the molecule is COC(=O)CCN(C)S(=O)(=O)NC1C(C)(C)C1(C)C. The molecule has 0 bridgehead atoms. The molecule has 1 aliphatic carbocycles. The number of hydrogen-bond acceptors (Lipinski definition) is 4. The first-order valence-electron chi connectivity index (χ1n) is 6.27. The molecule has 0 saturated heterocycles. The van der Waals surface area contributed by atoms with Gasteiger partial charge in [-0.2, -0.15) is 17.4 Å². The van der Waals surface area contributed by atoms with Crippen molar-refractivity contribution in [2.75, 3.05) is 20.7 Å². The van der Waals surface area contributed by atoms with Crippen LogP contribution in [-0.4, -0.2) is 45.4 Å². The van der Waals surface area contributed by atoms with Crippen LogP contribution < -0.4 is 4.72 Å². The zero-order chi connectivity index (χ0) is 15.1. The van der Waals surface area contributed by atoms with Crippen molar-refractivity contribution in [3.8, 4) is 0 Å². The standard InChI is InChI=1S/C12H24N2O4S/c1-11(2)10(12(11,3)4)13-19(16,17)14(5)8-7-9(15)18-6/h10,13H,7-8H2,1-6H3. The number of methoxy groups -OCH3 is 1. The van der Waals surface area contributed by atoms with E-state index in [-0.39, 0.29) is 29.8 Å². The van der Waals surface area contributed by atoms with Crippen LogP contribution in [0.3, 0.4) is 0 Å². The molecule has 1 fully saturated rings. The number of esters is 1. The smallest absolute Gasteiger partial charge is 0.306 e. The Morgan fingerprint density at radius 2 is 1.74 bits per heavy atom. The fraction of sp³-hybridized carbons (Fsp3) is 0.917. The number of nitrogens with one attached hydrogen (secondary N) is 1. The Labute approximate surface area is 115 Å². The lowest BCUT2D eigenvalue weighted by atomic mass is 10.0. The predicted octanol–water partition coefficient (Wildman–Crippen LogP) is 0.750. The highest BCUT2D eigenvalue weighted by atomic mass is 32.2. The number of hydrogen-bond donors (Lipinski definition) is 1. The first-order valence-corrected chi connectivity index (χ1v) is 7.71. The zero-order valence-electron chi connectivity index (χ0n) is 12.5. The second-order valence-corrected chi connectivity index (χ2v) is 7.96. The summed E-state index contributed by atoms with van der Waals surface area (Å²) in [6.07, 6.45) is 0.0470. The summed E-state index contributed by atoms with van der Waals surface area (Å²) in [5.74, 6) is -0.422. The van der Waals surface area contributed by atoms with Crippen LogP contribution in [0.25, 0.3) is 0 Å². The van der Waals surface area contributed by atoms with Crippen molar-refractivity contribution < 1.29 is 17.9 Å². The maximum Gasteiger partial charge on any atom is 0.306 e. The Bertz CT molecular complexity index is 442. The van der Waals surface area contributed by atoms with E-state index in [2.05, 4.69) is 9.46 Å². The van der Waals surface area contributed by atoms with Crippen LogP contribution in [0.4, 0.5) is 0 Å². The van der Waals surface area contributed by atoms with Gasteiger partial charge >= 0.3 is 5.97 Å². The van der Waals surface area contributed by atoms with Gasteiger partial charge in [-0.1, -0.05) is 27.7 Å². The molecule has 0 unspecified atom stereocenters. The van der Waals surface area contributed by atoms with Crippen molar-refractivity contribution in [2.45, 2.75) is 40.2 Å². The molecule has 0 amide bonds. The fourth-order valence-electron chi connectivity index (χ4n) is 2.20. The van der Waals surface area contributed by atoms with E-state index in [0.717, 1.165) is 4.31 Å². The van der Waals surface area contributed by atoms with Gasteiger partial charge in [-0.3, -0.25) is 4.79 Å². The summed E-state index contributed by atoms with van der Waals surface area (Å²) in [4.78, 5) is 11.0. The summed E-state index contributed by atoms with van der Waals surface area (Å²) in [7, 11) is -0.833. The molecule has 0 aromatic rings. The maximum absolute atomic E-state index is 12.1. The third-order valence-corrected chi connectivity index (χ3v) is 6.09. The van der Waals surface area contributed by atoms with Crippen LogP contribution in [-0.2, 0) is 19.7 Å². The summed E-state index contributed by atoms with van der Waals surface area (Å²) in [5, 5.41) is 0. The van der Waals surface area contributed by atoms with Crippen molar-refractivity contribution in [3.05, 3.63) is 0 Å². The second-order valence-electron chi connectivity index (χ2n) is 6.15. The van der Waals surface area contributed by atoms with Gasteiger partial charge in [-0.05, 0) is 10.8 Å². The van der Waals surface area contributed by atoms with Gasteiger partial charge in [-0.15, -0.1) is 0 Å². The first kappa shape index (κ1) is 16.4. The van der Waals surface area contributed by atoms with Gasteiger partial charge in [-0.25, -0.2) is 0 Å². The van der Waals surface area contributed by atoms with E-state index < -0.39 is 16.2 Å². The molecule has 0 heterocycles. The van der Waals surface area contributed by atoms with Gasteiger partial charge in [0, 0.05) is 19.6 Å². The number of carbonyl (C=O) groups excluding carboxylic acids is 1. The van der Waals surface area contributed by atoms with Crippen molar-refractivity contribution in [1.29, 1.82) is 0 Å². The molecule has 112 valence electrons. The van der Waals surface area contributed by atoms with Gasteiger partial charge in [0.05, 0.1) is 13.5 Å². The van der Waals surface area contributed by atoms with Crippen molar-refractivity contribution in [3.63, 3.8) is 0 Å². The van der Waals surface area contributed by atoms with E-state index in [1.165, 1.54) is 14.2 Å². The predicted molar refractivity (Wildman–Crippen MR) is 72.7 cm³/mol. The van der Waals surface area contributed by atoms with E-state index in [0.29, 0.717) is 0 Å². The second kappa shape index (κ2) is 5.03. The average Bonchev–Trinajstić information content (AvgIpc) is 2.67. The van der Waals surface area contributed by atoms with Crippen LogP contribution in [0.15, 0.2) is 0 Å². The van der Waals surface area contributed by atoms with Gasteiger partial charge in [0.1, 0.15) is 0 Å². The van der Waals surface area contributed by atoms with Gasteiger partial charge < -0.3 is 4.74 Å². The average molecular weight is 292 g/mol. The molecule has 0 aliphatic heterocycles. The minimum atomic E-state index is -3.57. The highest BCUT2D eigenvalue weighted by Gasteiger charge is 2.66. The maximum atomic E-state index is 12.1. The van der Waals surface area contributed by atoms with E-state index >= 15 is 0 Å². The number of ether oxygens (including phenoxy) is 1. The molecule has 6 nitrogen and oxygen atoms in total. The zero-order valence-corrected chi connectivity index (χ0v) is 13.3. The van der Waals surface area contributed by atoms with Gasteiger partial charge in [0.25, 0.3) is 10.2 Å². The first-order chi connectivity index (χ1) is 8.46. The topological polar surface area (TPSA) is 75.7 Å². The quantitative estimate of drug-likeness (QED) is 0.733. The molecule has 0 aromatic carbocycles. The van der Waals surface area contributed by atoms with E-state index in [1.54, 1.807) is 0 Å². The Morgan fingerprint density at radius 1 is 1.26 bits per heavy atom. The summed E-state index contributed by atoms with van der Waals surface area (Å²) in [6.45, 7) is 8.25. The van der Waals surface area contributed by atoms with Crippen LogP contribution in [0.5, 0.6) is 0 Å². The minimum absolute atomic E-state index is 0.0470. The molecule has 7 heteroatoms. The van der Waals surface area contributed by atoms with Crippen molar-refractivity contribution >= 4 is 16.2 Å². The molecule has 1 saturated carbocycles. The fourth-order valence-corrected chi connectivity index (χ4v) is 3.60. The molecular weight excluding hydrogens is 268 g/mol. The number of nitrogens with zero attached hydrogens (tertiary/aromatic N) is 1. The van der Waals surface area contributed by atoms with Crippen LogP contribution in [0.2, 0.25) is 0 Å². The molecule has 0 atom stereocenters. The number of rotatable bonds is 6. The summed E-state index contributed by atoms with van der Waals surface area (Å²) < 4.78 is 32.6. The molecule has 1 N–H and O–H groups in total. The van der Waals surface area contributed by atoms with Crippen LogP contribution in [0, 0.1) is 10.8 Å².